The average molecular weight is 311 g/mol. The molecule has 0 amide bonds. The van der Waals surface area contributed by atoms with E-state index in [1.807, 2.05) is 0 Å². The van der Waals surface area contributed by atoms with Crippen molar-refractivity contribution in [3.63, 3.8) is 0 Å². The van der Waals surface area contributed by atoms with E-state index in [1.165, 1.54) is 5.57 Å². The standard InChI is InChI=1S/C18H34O2Si/c1-16(2,3)21(7,8)20-15-10-9-13-17(4,5)14(19)11-12-18(13,15)6/h9,14-15,19H,10-12H2,1-8H3/t14-,15-,18-/m0/s1. The minimum atomic E-state index is -1.75. The van der Waals surface area contributed by atoms with Gasteiger partial charge in [-0.05, 0) is 37.4 Å². The molecule has 2 nitrogen and oxygen atoms in total. The molecule has 3 heteroatoms. The van der Waals surface area contributed by atoms with Crippen LogP contribution in [-0.4, -0.2) is 25.6 Å². The Balaban J connectivity index is 2.25. The summed E-state index contributed by atoms with van der Waals surface area (Å²) in [5, 5.41) is 10.6. The van der Waals surface area contributed by atoms with Crippen LogP contribution in [0.1, 0.15) is 60.8 Å². The zero-order valence-corrected chi connectivity index (χ0v) is 16.2. The summed E-state index contributed by atoms with van der Waals surface area (Å²) in [6.45, 7) is 18.3. The molecule has 21 heavy (non-hydrogen) atoms. The molecule has 3 atom stereocenters. The number of aliphatic hydroxyl groups is 1. The molecule has 0 heterocycles. The molecule has 0 aromatic rings. The van der Waals surface area contributed by atoms with Crippen LogP contribution in [0.15, 0.2) is 11.6 Å². The van der Waals surface area contributed by atoms with Crippen LogP contribution in [0.25, 0.3) is 0 Å². The Morgan fingerprint density at radius 2 is 1.81 bits per heavy atom. The molecule has 1 N–H and O–H groups in total. The van der Waals surface area contributed by atoms with Crippen molar-refractivity contribution in [1.29, 1.82) is 0 Å². The summed E-state index contributed by atoms with van der Waals surface area (Å²) in [5.41, 5.74) is 1.43. The van der Waals surface area contributed by atoms with Crippen LogP contribution in [0, 0.1) is 10.8 Å². The van der Waals surface area contributed by atoms with Crippen molar-refractivity contribution in [2.24, 2.45) is 10.8 Å². The lowest BCUT2D eigenvalue weighted by atomic mass is 9.59. The molecule has 2 aliphatic carbocycles. The van der Waals surface area contributed by atoms with Crippen molar-refractivity contribution < 1.29 is 9.53 Å². The monoisotopic (exact) mass is 310 g/mol. The highest BCUT2D eigenvalue weighted by Gasteiger charge is 2.54. The van der Waals surface area contributed by atoms with E-state index in [-0.39, 0.29) is 22.0 Å². The van der Waals surface area contributed by atoms with Crippen molar-refractivity contribution in [3.8, 4) is 0 Å². The Morgan fingerprint density at radius 3 is 2.33 bits per heavy atom. The first kappa shape index (κ1) is 17.2. The van der Waals surface area contributed by atoms with Gasteiger partial charge in [0.05, 0.1) is 12.2 Å². The lowest BCUT2D eigenvalue weighted by Gasteiger charge is -2.51. The Bertz CT molecular complexity index is 445. The first-order chi connectivity index (χ1) is 9.32. The molecular weight excluding hydrogens is 276 g/mol. The number of hydrogen-bond acceptors (Lipinski definition) is 2. The minimum Gasteiger partial charge on any atom is -0.413 e. The van der Waals surface area contributed by atoms with E-state index in [2.05, 4.69) is 60.7 Å². The largest absolute Gasteiger partial charge is 0.413 e. The molecule has 2 rings (SSSR count). The highest BCUT2D eigenvalue weighted by Crippen LogP contribution is 2.58. The Kier molecular flexibility index (Phi) is 4.05. The molecule has 1 saturated carbocycles. The van der Waals surface area contributed by atoms with E-state index in [0.29, 0.717) is 6.10 Å². The zero-order chi connectivity index (χ0) is 16.3. The molecule has 0 bridgehead atoms. The van der Waals surface area contributed by atoms with Gasteiger partial charge >= 0.3 is 0 Å². The van der Waals surface area contributed by atoms with E-state index < -0.39 is 8.32 Å². The summed E-state index contributed by atoms with van der Waals surface area (Å²) in [6.07, 6.45) is 5.37. The Labute approximate surface area is 132 Å². The topological polar surface area (TPSA) is 29.5 Å². The molecule has 1 fully saturated rings. The summed E-state index contributed by atoms with van der Waals surface area (Å²) in [7, 11) is -1.75. The van der Waals surface area contributed by atoms with Gasteiger partial charge in [0.2, 0.25) is 0 Å². The van der Waals surface area contributed by atoms with Gasteiger partial charge in [0, 0.05) is 10.8 Å². The van der Waals surface area contributed by atoms with Gasteiger partial charge in [0.25, 0.3) is 0 Å². The molecule has 0 aromatic carbocycles. The third kappa shape index (κ3) is 2.66. The summed E-state index contributed by atoms with van der Waals surface area (Å²) in [6, 6.07) is 0. The molecule has 0 saturated heterocycles. The van der Waals surface area contributed by atoms with Crippen molar-refractivity contribution in [1.82, 2.24) is 0 Å². The van der Waals surface area contributed by atoms with Crippen molar-refractivity contribution in [2.75, 3.05) is 0 Å². The highest BCUT2D eigenvalue weighted by molar-refractivity contribution is 6.74. The maximum atomic E-state index is 10.4. The minimum absolute atomic E-state index is 0.109. The van der Waals surface area contributed by atoms with E-state index >= 15 is 0 Å². The van der Waals surface area contributed by atoms with Gasteiger partial charge in [0.15, 0.2) is 8.32 Å². The van der Waals surface area contributed by atoms with Gasteiger partial charge in [0.1, 0.15) is 0 Å². The van der Waals surface area contributed by atoms with Crippen LogP contribution >= 0.6 is 0 Å². The van der Waals surface area contributed by atoms with Gasteiger partial charge < -0.3 is 9.53 Å². The van der Waals surface area contributed by atoms with Crippen molar-refractivity contribution in [2.45, 2.75) is 91.1 Å². The SMILES string of the molecule is CC1(C)C2=CC[C@H](O[Si](C)(C)C(C)(C)C)[C@@]2(C)CC[C@@H]1O. The van der Waals surface area contributed by atoms with Crippen LogP contribution in [0.4, 0.5) is 0 Å². The van der Waals surface area contributed by atoms with Crippen LogP contribution < -0.4 is 0 Å². The molecule has 0 unspecified atom stereocenters. The number of hydrogen-bond donors (Lipinski definition) is 1. The predicted molar refractivity (Wildman–Crippen MR) is 91.9 cm³/mol. The molecule has 122 valence electrons. The van der Waals surface area contributed by atoms with Gasteiger partial charge in [-0.1, -0.05) is 53.2 Å². The first-order valence-corrected chi connectivity index (χ1v) is 11.3. The van der Waals surface area contributed by atoms with E-state index in [0.717, 1.165) is 19.3 Å². The fraction of sp³-hybridized carbons (Fsp3) is 0.889. The molecule has 0 aliphatic heterocycles. The number of aliphatic hydroxyl groups excluding tert-OH is 1. The fourth-order valence-corrected chi connectivity index (χ4v) is 5.29. The molecule has 0 radical (unpaired) electrons. The van der Waals surface area contributed by atoms with Gasteiger partial charge in [-0.15, -0.1) is 0 Å². The van der Waals surface area contributed by atoms with E-state index in [1.54, 1.807) is 0 Å². The van der Waals surface area contributed by atoms with E-state index in [9.17, 15) is 5.11 Å². The summed E-state index contributed by atoms with van der Waals surface area (Å²) >= 11 is 0. The highest BCUT2D eigenvalue weighted by atomic mass is 28.4. The Morgan fingerprint density at radius 1 is 1.24 bits per heavy atom. The van der Waals surface area contributed by atoms with Crippen molar-refractivity contribution >= 4 is 8.32 Å². The van der Waals surface area contributed by atoms with Crippen molar-refractivity contribution in [3.05, 3.63) is 11.6 Å². The third-order valence-electron chi connectivity index (χ3n) is 6.57. The van der Waals surface area contributed by atoms with Gasteiger partial charge in [-0.25, -0.2) is 0 Å². The maximum absolute atomic E-state index is 10.4. The second-order valence-corrected chi connectivity index (χ2v) is 14.2. The second kappa shape index (κ2) is 4.94. The average Bonchev–Trinajstić information content (AvgIpc) is 2.62. The van der Waals surface area contributed by atoms with Crippen LogP contribution in [0.2, 0.25) is 18.1 Å². The smallest absolute Gasteiger partial charge is 0.192 e. The molecule has 0 aromatic heterocycles. The summed E-state index contributed by atoms with van der Waals surface area (Å²) in [5.74, 6) is 0. The van der Waals surface area contributed by atoms with Gasteiger partial charge in [-0.2, -0.15) is 0 Å². The number of fused-ring (bicyclic) bond motifs is 1. The first-order valence-electron chi connectivity index (χ1n) is 8.39. The number of rotatable bonds is 2. The van der Waals surface area contributed by atoms with Crippen LogP contribution in [0.5, 0.6) is 0 Å². The molecule has 2 aliphatic rings. The zero-order valence-electron chi connectivity index (χ0n) is 15.2. The lowest BCUT2D eigenvalue weighted by Crippen LogP contribution is -2.51. The lowest BCUT2D eigenvalue weighted by molar-refractivity contribution is -0.0183. The fourth-order valence-electron chi connectivity index (χ4n) is 3.87. The second-order valence-electron chi connectivity index (χ2n) is 9.41. The predicted octanol–water partition coefficient (Wildman–Crippen LogP) is 4.89. The maximum Gasteiger partial charge on any atom is 0.192 e. The summed E-state index contributed by atoms with van der Waals surface area (Å²) in [4.78, 5) is 0. The Hall–Kier alpha value is -0.123. The molecule has 0 spiro atoms. The molecular formula is C18H34O2Si. The van der Waals surface area contributed by atoms with Crippen LogP contribution in [-0.2, 0) is 4.43 Å². The summed E-state index contributed by atoms with van der Waals surface area (Å²) < 4.78 is 6.77. The normalized spacial score (nSPS) is 36.3. The van der Waals surface area contributed by atoms with E-state index in [4.69, 9.17) is 4.43 Å². The van der Waals surface area contributed by atoms with Gasteiger partial charge in [-0.3, -0.25) is 0 Å². The van der Waals surface area contributed by atoms with Crippen LogP contribution in [0.3, 0.4) is 0 Å². The quantitative estimate of drug-likeness (QED) is 0.581. The third-order valence-corrected chi connectivity index (χ3v) is 11.1.